The molecule has 0 aliphatic carbocycles. The average Bonchev–Trinajstić information content (AvgIpc) is 2.47. The summed E-state index contributed by atoms with van der Waals surface area (Å²) in [6, 6.07) is 0.337. The smallest absolute Gasteiger partial charge is 0.320 e. The molecule has 2 rings (SSSR count). The van der Waals surface area contributed by atoms with Crippen LogP contribution in [0.3, 0.4) is 0 Å². The fourth-order valence-corrected chi connectivity index (χ4v) is 5.33. The highest BCUT2D eigenvalue weighted by Crippen LogP contribution is 2.38. The van der Waals surface area contributed by atoms with Gasteiger partial charge >= 0.3 is 5.97 Å². The van der Waals surface area contributed by atoms with E-state index in [4.69, 9.17) is 4.74 Å². The minimum Gasteiger partial charge on any atom is -0.461 e. The Morgan fingerprint density at radius 3 is 1.59 bits per heavy atom. The van der Waals surface area contributed by atoms with Crippen molar-refractivity contribution < 1.29 is 9.53 Å². The van der Waals surface area contributed by atoms with Crippen LogP contribution in [0.5, 0.6) is 0 Å². The summed E-state index contributed by atoms with van der Waals surface area (Å²) >= 11 is 0. The van der Waals surface area contributed by atoms with Crippen molar-refractivity contribution in [3.8, 4) is 0 Å². The number of hydrogen-bond acceptors (Lipinski definition) is 5. The fourth-order valence-electron chi connectivity index (χ4n) is 5.33. The minimum absolute atomic E-state index is 0.00845. The molecule has 0 aromatic rings. The molecule has 2 saturated heterocycles. The Morgan fingerprint density at radius 1 is 0.815 bits per heavy atom. The lowest BCUT2D eigenvalue weighted by Gasteiger charge is -2.54. The molecule has 0 spiro atoms. The first kappa shape index (κ1) is 22.6. The molecule has 2 aliphatic heterocycles. The maximum atomic E-state index is 12.5. The van der Waals surface area contributed by atoms with E-state index in [1.807, 2.05) is 0 Å². The Bertz CT molecular complexity index is 518. The highest BCUT2D eigenvalue weighted by Gasteiger charge is 2.45. The number of nitrogens with zero attached hydrogens (tertiary/aromatic N) is 2. The average molecular weight is 382 g/mol. The number of nitrogens with one attached hydrogen (secondary N) is 1. The highest BCUT2D eigenvalue weighted by atomic mass is 16.5. The monoisotopic (exact) mass is 381 g/mol. The zero-order valence-corrected chi connectivity index (χ0v) is 19.4. The molecule has 5 nitrogen and oxygen atoms in total. The predicted octanol–water partition coefficient (Wildman–Crippen LogP) is 3.42. The number of esters is 1. The molecule has 0 aromatic heterocycles. The van der Waals surface area contributed by atoms with Crippen LogP contribution in [-0.2, 0) is 9.53 Å². The molecule has 2 fully saturated rings. The molecule has 27 heavy (non-hydrogen) atoms. The third kappa shape index (κ3) is 5.04. The topological polar surface area (TPSA) is 44.8 Å². The van der Waals surface area contributed by atoms with Crippen molar-refractivity contribution in [3.05, 3.63) is 0 Å². The van der Waals surface area contributed by atoms with Crippen molar-refractivity contribution in [1.29, 1.82) is 0 Å². The van der Waals surface area contributed by atoms with E-state index < -0.39 is 0 Å². The quantitative estimate of drug-likeness (QED) is 0.756. The van der Waals surface area contributed by atoms with Gasteiger partial charge in [0.2, 0.25) is 0 Å². The van der Waals surface area contributed by atoms with E-state index in [2.05, 4.69) is 84.6 Å². The maximum absolute atomic E-state index is 12.5. The molecule has 0 atom stereocenters. The summed E-state index contributed by atoms with van der Waals surface area (Å²) in [7, 11) is 4.37. The first-order valence-corrected chi connectivity index (χ1v) is 10.5. The molecule has 0 saturated carbocycles. The second kappa shape index (κ2) is 7.31. The zero-order valence-electron chi connectivity index (χ0n) is 19.4. The van der Waals surface area contributed by atoms with E-state index in [-0.39, 0.29) is 34.2 Å². The van der Waals surface area contributed by atoms with Gasteiger partial charge in [0.1, 0.15) is 6.10 Å². The first-order chi connectivity index (χ1) is 12.1. The van der Waals surface area contributed by atoms with Crippen LogP contribution in [0.15, 0.2) is 0 Å². The van der Waals surface area contributed by atoms with Crippen LogP contribution < -0.4 is 5.32 Å². The van der Waals surface area contributed by atoms with E-state index in [0.717, 1.165) is 25.7 Å². The molecule has 2 heterocycles. The molecule has 0 amide bonds. The van der Waals surface area contributed by atoms with Gasteiger partial charge in [-0.2, -0.15) is 0 Å². The van der Waals surface area contributed by atoms with Gasteiger partial charge in [0.15, 0.2) is 0 Å². The van der Waals surface area contributed by atoms with Crippen LogP contribution in [0.25, 0.3) is 0 Å². The Hall–Kier alpha value is -0.650. The molecular weight excluding hydrogens is 338 g/mol. The number of hydrogen-bond donors (Lipinski definition) is 1. The predicted molar refractivity (Wildman–Crippen MR) is 112 cm³/mol. The zero-order chi connectivity index (χ0) is 20.8. The second-order valence-electron chi connectivity index (χ2n) is 11.4. The lowest BCUT2D eigenvalue weighted by molar-refractivity contribution is -0.158. The second-order valence-corrected chi connectivity index (χ2v) is 11.4. The van der Waals surface area contributed by atoms with Gasteiger partial charge in [0.05, 0.1) is 6.54 Å². The standard InChI is InChI=1S/C22H43N3O2/c1-19(2)11-16(12-20(3,4)24(19)9)23-15-18(26)27-17-13-21(5,6)25(10)22(7,8)14-17/h16-17,23H,11-15H2,1-10H3. The Morgan fingerprint density at radius 2 is 1.19 bits per heavy atom. The molecule has 5 heteroatoms. The van der Waals surface area contributed by atoms with Crippen LogP contribution in [-0.4, -0.2) is 70.7 Å². The number of rotatable bonds is 4. The van der Waals surface area contributed by atoms with Crippen molar-refractivity contribution in [2.45, 2.75) is 115 Å². The number of ether oxygens (including phenoxy) is 1. The third-order valence-corrected chi connectivity index (χ3v) is 7.41. The molecule has 0 bridgehead atoms. The SMILES string of the molecule is CN1C(C)(C)CC(NCC(=O)OC2CC(C)(C)N(C)C(C)(C)C2)CC1(C)C. The summed E-state index contributed by atoms with van der Waals surface area (Å²) in [6.07, 6.45) is 3.83. The van der Waals surface area contributed by atoms with Crippen molar-refractivity contribution in [1.82, 2.24) is 15.1 Å². The molecule has 0 radical (unpaired) electrons. The molecule has 158 valence electrons. The van der Waals surface area contributed by atoms with E-state index in [1.54, 1.807) is 0 Å². The van der Waals surface area contributed by atoms with Gasteiger partial charge in [0.25, 0.3) is 0 Å². The van der Waals surface area contributed by atoms with E-state index in [0.29, 0.717) is 12.6 Å². The van der Waals surface area contributed by atoms with Crippen LogP contribution >= 0.6 is 0 Å². The Balaban J connectivity index is 1.90. The van der Waals surface area contributed by atoms with Gasteiger partial charge in [0, 0.05) is 41.0 Å². The van der Waals surface area contributed by atoms with Crippen LogP contribution in [0.2, 0.25) is 0 Å². The lowest BCUT2D eigenvalue weighted by atomic mass is 9.77. The first-order valence-electron chi connectivity index (χ1n) is 10.5. The summed E-state index contributed by atoms with van der Waals surface area (Å²) in [6.45, 7) is 18.4. The number of carbonyl (C=O) groups is 1. The number of piperidine rings is 2. The fraction of sp³-hybridized carbons (Fsp3) is 0.955. The van der Waals surface area contributed by atoms with Gasteiger partial charge in [-0.25, -0.2) is 0 Å². The largest absolute Gasteiger partial charge is 0.461 e. The van der Waals surface area contributed by atoms with Crippen molar-refractivity contribution in [3.63, 3.8) is 0 Å². The van der Waals surface area contributed by atoms with Gasteiger partial charge in [-0.3, -0.25) is 14.6 Å². The number of likely N-dealkylation sites (tertiary alicyclic amines) is 2. The molecule has 0 aromatic carbocycles. The van der Waals surface area contributed by atoms with Crippen molar-refractivity contribution in [2.75, 3.05) is 20.6 Å². The molecule has 1 N–H and O–H groups in total. The van der Waals surface area contributed by atoms with Gasteiger partial charge in [-0.1, -0.05) is 0 Å². The van der Waals surface area contributed by atoms with Crippen molar-refractivity contribution in [2.24, 2.45) is 0 Å². The van der Waals surface area contributed by atoms with Crippen LogP contribution in [0.4, 0.5) is 0 Å². The van der Waals surface area contributed by atoms with E-state index in [9.17, 15) is 4.79 Å². The minimum atomic E-state index is -0.120. The molecule has 2 aliphatic rings. The summed E-state index contributed by atoms with van der Waals surface area (Å²) in [4.78, 5) is 17.4. The Labute approximate surface area is 167 Å². The summed E-state index contributed by atoms with van der Waals surface area (Å²) < 4.78 is 5.89. The van der Waals surface area contributed by atoms with Gasteiger partial charge < -0.3 is 10.1 Å². The van der Waals surface area contributed by atoms with E-state index >= 15 is 0 Å². The van der Waals surface area contributed by atoms with Crippen LogP contribution in [0, 0.1) is 0 Å². The third-order valence-electron chi connectivity index (χ3n) is 7.41. The Kier molecular flexibility index (Phi) is 6.13. The molecule has 0 unspecified atom stereocenters. The van der Waals surface area contributed by atoms with Crippen molar-refractivity contribution >= 4 is 5.97 Å². The lowest BCUT2D eigenvalue weighted by Crippen LogP contribution is -2.62. The summed E-state index contributed by atoms with van der Waals surface area (Å²) in [5.74, 6) is -0.120. The van der Waals surface area contributed by atoms with E-state index in [1.165, 1.54) is 0 Å². The van der Waals surface area contributed by atoms with Crippen LogP contribution in [0.1, 0.15) is 81.1 Å². The van der Waals surface area contributed by atoms with Gasteiger partial charge in [-0.15, -0.1) is 0 Å². The summed E-state index contributed by atoms with van der Waals surface area (Å²) in [5.41, 5.74) is 0.293. The highest BCUT2D eigenvalue weighted by molar-refractivity contribution is 5.72. The summed E-state index contributed by atoms with van der Waals surface area (Å²) in [5, 5.41) is 3.48. The van der Waals surface area contributed by atoms with Gasteiger partial charge in [-0.05, 0) is 82.3 Å². The molecular formula is C22H43N3O2. The normalized spacial score (nSPS) is 28.8. The number of carbonyl (C=O) groups excluding carboxylic acids is 1. The maximum Gasteiger partial charge on any atom is 0.320 e.